The Morgan fingerprint density at radius 2 is 1.60 bits per heavy atom. The van der Waals surface area contributed by atoms with Gasteiger partial charge in [0.1, 0.15) is 30.0 Å². The van der Waals surface area contributed by atoms with E-state index in [0.29, 0.717) is 32.5 Å². The summed E-state index contributed by atoms with van der Waals surface area (Å²) in [5, 5.41) is 65.2. The molecule has 16 heteroatoms. The third-order valence-electron chi connectivity index (χ3n) is 15.2. The maximum absolute atomic E-state index is 14.6. The van der Waals surface area contributed by atoms with Crippen LogP contribution in [0, 0.1) is 17.8 Å². The van der Waals surface area contributed by atoms with E-state index in [1.165, 1.54) is 14.0 Å². The minimum absolute atomic E-state index is 0.103. The molecule has 2 aromatic rings. The number of nitrogens with zero attached hydrogens (tertiary/aromatic N) is 2. The summed E-state index contributed by atoms with van der Waals surface area (Å²) >= 11 is 0. The number of likely N-dealkylation sites (N-methyl/N-ethyl adjacent to an activating group) is 1. The number of benzene rings is 2. The highest BCUT2D eigenvalue weighted by molar-refractivity contribution is 5.90. The summed E-state index contributed by atoms with van der Waals surface area (Å²) in [6.07, 6.45) is -8.24. The minimum Gasteiger partial charge on any atom is -0.459 e. The van der Waals surface area contributed by atoms with Crippen LogP contribution in [0.15, 0.2) is 42.5 Å². The fourth-order valence-electron chi connectivity index (χ4n) is 11.1. The molecular weight excluding hydrogens is 875 g/mol. The normalized spacial score (nSPS) is 40.6. The van der Waals surface area contributed by atoms with E-state index in [1.807, 2.05) is 94.1 Å². The molecule has 3 heterocycles. The fraction of sp³-hybridized carbons (Fsp3) is 0.769. The van der Waals surface area contributed by atoms with Crippen molar-refractivity contribution in [2.24, 2.45) is 17.8 Å². The summed E-state index contributed by atoms with van der Waals surface area (Å²) in [5.41, 5.74) is -3.69. The zero-order valence-corrected chi connectivity index (χ0v) is 43.0. The first kappa shape index (κ1) is 56.1. The van der Waals surface area contributed by atoms with Crippen molar-refractivity contribution in [3.8, 4) is 0 Å². The van der Waals surface area contributed by atoms with Gasteiger partial charge in [0.05, 0.1) is 48.0 Å². The van der Waals surface area contributed by atoms with Crippen molar-refractivity contribution >= 4 is 22.6 Å². The molecule has 3 saturated heterocycles. The number of aliphatic hydroxyl groups is 5. The molecule has 0 saturated carbocycles. The number of aliphatic hydroxyl groups excluding tert-OH is 3. The van der Waals surface area contributed by atoms with E-state index < -0.39 is 96.0 Å². The van der Waals surface area contributed by atoms with Crippen molar-refractivity contribution < 1.29 is 63.5 Å². The molecule has 16 nitrogen and oxygen atoms in total. The van der Waals surface area contributed by atoms with E-state index in [0.717, 1.165) is 16.3 Å². The summed E-state index contributed by atoms with van der Waals surface area (Å²) in [6.45, 7) is 18.7. The van der Waals surface area contributed by atoms with Crippen LogP contribution in [-0.2, 0) is 44.4 Å². The summed E-state index contributed by atoms with van der Waals surface area (Å²) in [4.78, 5) is 31.8. The molecule has 5 rings (SSSR count). The number of hydrogen-bond acceptors (Lipinski definition) is 15. The highest BCUT2D eigenvalue weighted by atomic mass is 16.7. The van der Waals surface area contributed by atoms with E-state index in [9.17, 15) is 35.1 Å². The molecule has 0 aliphatic carbocycles. The van der Waals surface area contributed by atoms with Crippen LogP contribution in [0.1, 0.15) is 107 Å². The highest BCUT2D eigenvalue weighted by Gasteiger charge is 2.53. The number of ether oxygens (including phenoxy) is 6. The molecule has 3 aliphatic heterocycles. The van der Waals surface area contributed by atoms with E-state index >= 15 is 0 Å². The Kier molecular flexibility index (Phi) is 19.5. The number of hydrogen-bond donors (Lipinski definition) is 6. The van der Waals surface area contributed by atoms with Crippen LogP contribution >= 0.6 is 0 Å². The lowest BCUT2D eigenvalue weighted by molar-refractivity contribution is -0.318. The molecule has 0 aromatic heterocycles. The number of esters is 1. The first-order valence-corrected chi connectivity index (χ1v) is 24.8. The Morgan fingerprint density at radius 1 is 0.926 bits per heavy atom. The summed E-state index contributed by atoms with van der Waals surface area (Å²) < 4.78 is 38.1. The molecule has 386 valence electrons. The van der Waals surface area contributed by atoms with Crippen LogP contribution in [-0.4, -0.2) is 178 Å². The van der Waals surface area contributed by atoms with Gasteiger partial charge in [0.25, 0.3) is 0 Å². The lowest BCUT2D eigenvalue weighted by atomic mass is 9.77. The zero-order valence-electron chi connectivity index (χ0n) is 43.0. The summed E-state index contributed by atoms with van der Waals surface area (Å²) in [6, 6.07) is 12.9. The Bertz CT molecular complexity index is 1930. The van der Waals surface area contributed by atoms with Crippen molar-refractivity contribution in [3.63, 3.8) is 0 Å². The Balaban J connectivity index is 1.48. The standard InChI is InChI=1S/C52H85N3O13/c1-14-40-52(10,62)45(58)34(6)55(24-18-23-53-41(56)26-37-21-17-20-36-19-15-16-22-38(36)37)29-30(2)27-50(8,61)47(68-49-43(57)39(54(11)12)25-31(3)64-49)32(4)44(33(5)48(60)66-40)67-42-28-51(9,63-13)46(59)35(7)65-42/h15-17,19-22,30-35,39-40,42-47,49,57-59,61-62H,14,18,23-29H2,1-13H3,(H,53,56)/t30-,31-,32+,33-,34-,35+,39+,40-,42+,43-,44+,45-,46+,47-,49+,50-,51-,52-/m1/s1. The average Bonchev–Trinajstić information content (AvgIpc) is 3.28. The molecule has 3 aliphatic rings. The van der Waals surface area contributed by atoms with Gasteiger partial charge in [-0.15, -0.1) is 0 Å². The van der Waals surface area contributed by atoms with E-state index in [-0.39, 0.29) is 49.7 Å². The number of rotatable bonds is 13. The summed E-state index contributed by atoms with van der Waals surface area (Å²) in [5.74, 6) is -2.97. The molecule has 68 heavy (non-hydrogen) atoms. The van der Waals surface area contributed by atoms with Gasteiger partial charge in [0.15, 0.2) is 12.6 Å². The van der Waals surface area contributed by atoms with Gasteiger partial charge in [-0.3, -0.25) is 14.5 Å². The topological polar surface area (TPSA) is 209 Å². The van der Waals surface area contributed by atoms with E-state index in [1.54, 1.807) is 34.6 Å². The third-order valence-corrected chi connectivity index (χ3v) is 15.2. The lowest BCUT2D eigenvalue weighted by Crippen LogP contribution is -2.60. The highest BCUT2D eigenvalue weighted by Crippen LogP contribution is 2.40. The SMILES string of the molecule is CC[C@H]1OC(=O)[C@H](C)[C@@H](O[C@H]2C[C@@](C)(OC)[C@@H](O)[C@H](C)O2)[C@H](C)[C@@H](O[C@@H]2O[C@H](C)C[C@H](N(C)C)[C@H]2O)[C@](C)(O)C[C@@H](C)CN(CCCNC(=O)Cc2cccc3ccccc23)[C@H](C)[C@@H](O)[C@]1(C)O. The second-order valence-corrected chi connectivity index (χ2v) is 21.2. The number of nitrogens with one attached hydrogen (secondary N) is 1. The second-order valence-electron chi connectivity index (χ2n) is 21.2. The van der Waals surface area contributed by atoms with Gasteiger partial charge >= 0.3 is 5.97 Å². The van der Waals surface area contributed by atoms with Crippen LogP contribution in [0.4, 0.5) is 0 Å². The van der Waals surface area contributed by atoms with E-state index in [2.05, 4.69) is 5.32 Å². The van der Waals surface area contributed by atoms with Gasteiger partial charge in [-0.2, -0.15) is 0 Å². The third kappa shape index (κ3) is 13.2. The van der Waals surface area contributed by atoms with Gasteiger partial charge in [-0.05, 0) is 110 Å². The van der Waals surface area contributed by atoms with Crippen molar-refractivity contribution in [1.82, 2.24) is 15.1 Å². The smallest absolute Gasteiger partial charge is 0.311 e. The molecule has 2 aromatic carbocycles. The Hall–Kier alpha value is -2.84. The molecule has 3 fully saturated rings. The van der Waals surface area contributed by atoms with E-state index in [4.69, 9.17) is 28.4 Å². The first-order valence-electron chi connectivity index (χ1n) is 24.8. The van der Waals surface area contributed by atoms with Crippen LogP contribution in [0.25, 0.3) is 10.8 Å². The molecule has 6 N–H and O–H groups in total. The van der Waals surface area contributed by atoms with Crippen LogP contribution in [0.5, 0.6) is 0 Å². The summed E-state index contributed by atoms with van der Waals surface area (Å²) in [7, 11) is 5.27. The number of methoxy groups -OCH3 is 1. The maximum Gasteiger partial charge on any atom is 0.311 e. The quantitative estimate of drug-likeness (QED) is 0.123. The number of fused-ring (bicyclic) bond motifs is 1. The zero-order chi connectivity index (χ0) is 50.5. The van der Waals surface area contributed by atoms with Crippen molar-refractivity contribution in [2.45, 2.75) is 198 Å². The van der Waals surface area contributed by atoms with Gasteiger partial charge in [0, 0.05) is 51.2 Å². The first-order chi connectivity index (χ1) is 31.8. The van der Waals surface area contributed by atoms with Gasteiger partial charge in [-0.25, -0.2) is 0 Å². The molecular formula is C52H85N3O13. The second kappa shape index (κ2) is 23.6. The Labute approximate surface area is 404 Å². The van der Waals surface area contributed by atoms with Crippen LogP contribution in [0.3, 0.4) is 0 Å². The lowest BCUT2D eigenvalue weighted by Gasteiger charge is -2.48. The predicted molar refractivity (Wildman–Crippen MR) is 258 cm³/mol. The van der Waals surface area contributed by atoms with Crippen LogP contribution < -0.4 is 5.32 Å². The molecule has 1 amide bonds. The van der Waals surface area contributed by atoms with Gasteiger partial charge < -0.3 is 64.2 Å². The number of carbonyl (C=O) groups is 2. The van der Waals surface area contributed by atoms with Crippen LogP contribution in [0.2, 0.25) is 0 Å². The molecule has 18 atom stereocenters. The van der Waals surface area contributed by atoms with Crippen molar-refractivity contribution in [3.05, 3.63) is 48.0 Å². The van der Waals surface area contributed by atoms with Gasteiger partial charge in [0.2, 0.25) is 5.91 Å². The maximum atomic E-state index is 14.6. The number of amides is 1. The van der Waals surface area contributed by atoms with Crippen molar-refractivity contribution in [1.29, 1.82) is 0 Å². The van der Waals surface area contributed by atoms with Gasteiger partial charge in [-0.1, -0.05) is 63.2 Å². The molecule has 0 bridgehead atoms. The predicted octanol–water partition coefficient (Wildman–Crippen LogP) is 4.17. The number of cyclic esters (lactones) is 1. The van der Waals surface area contributed by atoms with Crippen molar-refractivity contribution in [2.75, 3.05) is 40.8 Å². The Morgan fingerprint density at radius 3 is 2.26 bits per heavy atom. The average molecular weight is 960 g/mol. The largest absolute Gasteiger partial charge is 0.459 e. The minimum atomic E-state index is -1.91. The molecule has 0 radical (unpaired) electrons. The molecule has 0 unspecified atom stereocenters. The number of carbonyl (C=O) groups excluding carboxylic acids is 2. The molecule has 0 spiro atoms. The fourth-order valence-corrected chi connectivity index (χ4v) is 11.1. The monoisotopic (exact) mass is 960 g/mol.